The third kappa shape index (κ3) is 1.88. The molecule has 0 saturated carbocycles. The summed E-state index contributed by atoms with van der Waals surface area (Å²) in [4.78, 5) is 4.19. The lowest BCUT2D eigenvalue weighted by Crippen LogP contribution is -2.18. The summed E-state index contributed by atoms with van der Waals surface area (Å²) in [5.74, 6) is 0. The minimum absolute atomic E-state index is 0.366. The molecule has 1 aliphatic carbocycles. The van der Waals surface area contributed by atoms with Crippen molar-refractivity contribution in [1.29, 1.82) is 0 Å². The summed E-state index contributed by atoms with van der Waals surface area (Å²) in [5, 5.41) is 7.98. The van der Waals surface area contributed by atoms with E-state index in [0.29, 0.717) is 6.04 Å². The van der Waals surface area contributed by atoms with Gasteiger partial charge in [-0.3, -0.25) is 9.67 Å². The minimum Gasteiger partial charge on any atom is -0.377 e. The second kappa shape index (κ2) is 4.44. The second-order valence-electron chi connectivity index (χ2n) is 4.95. The lowest BCUT2D eigenvalue weighted by atomic mass is 9.92. The molecule has 0 bridgehead atoms. The number of nitrogens with one attached hydrogen (secondary N) is 1. The molecular formula is C14H18N4. The van der Waals surface area contributed by atoms with Crippen molar-refractivity contribution in [3.05, 3.63) is 41.5 Å². The van der Waals surface area contributed by atoms with Gasteiger partial charge in [-0.15, -0.1) is 0 Å². The number of hydrogen-bond donors (Lipinski definition) is 1. The van der Waals surface area contributed by atoms with Crippen molar-refractivity contribution in [3.63, 3.8) is 0 Å². The van der Waals surface area contributed by atoms with Crippen LogP contribution >= 0.6 is 0 Å². The maximum absolute atomic E-state index is 4.37. The number of nitrogens with zero attached hydrogens (tertiary/aromatic N) is 3. The molecule has 1 aliphatic rings. The average Bonchev–Trinajstić information content (AvgIpc) is 2.76. The monoisotopic (exact) mass is 242 g/mol. The number of hydrogen-bond acceptors (Lipinski definition) is 3. The van der Waals surface area contributed by atoms with Crippen molar-refractivity contribution in [3.8, 4) is 0 Å². The molecule has 0 aliphatic heterocycles. The Morgan fingerprint density at radius 2 is 2.28 bits per heavy atom. The van der Waals surface area contributed by atoms with Crippen LogP contribution in [0.2, 0.25) is 0 Å². The van der Waals surface area contributed by atoms with Crippen LogP contribution in [0.1, 0.15) is 35.7 Å². The van der Waals surface area contributed by atoms with E-state index in [4.69, 9.17) is 0 Å². The van der Waals surface area contributed by atoms with Crippen LogP contribution in [-0.4, -0.2) is 14.8 Å². The Labute approximate surface area is 107 Å². The Balaban J connectivity index is 1.89. The van der Waals surface area contributed by atoms with Crippen molar-refractivity contribution < 1.29 is 0 Å². The molecule has 4 nitrogen and oxygen atoms in total. The first-order valence-electron chi connectivity index (χ1n) is 6.43. The summed E-state index contributed by atoms with van der Waals surface area (Å²) in [7, 11) is 2.02. The molecule has 2 heterocycles. The van der Waals surface area contributed by atoms with Gasteiger partial charge in [0, 0.05) is 24.5 Å². The first-order chi connectivity index (χ1) is 8.75. The fraction of sp³-hybridized carbons (Fsp3) is 0.429. The standard InChI is InChI=1S/C14H18N4/c1-10-6-7-15-9-13(10)17-12-4-3-5-14-11(12)8-16-18(14)2/h6-9,12,17H,3-5H2,1-2H3. The Kier molecular flexibility index (Phi) is 2.78. The third-order valence-electron chi connectivity index (χ3n) is 3.74. The van der Waals surface area contributed by atoms with E-state index in [9.17, 15) is 0 Å². The molecular weight excluding hydrogens is 224 g/mol. The zero-order valence-corrected chi connectivity index (χ0v) is 10.8. The van der Waals surface area contributed by atoms with Crippen LogP contribution in [0, 0.1) is 6.92 Å². The van der Waals surface area contributed by atoms with Gasteiger partial charge in [-0.1, -0.05) is 0 Å². The molecule has 1 N–H and O–H groups in total. The van der Waals surface area contributed by atoms with Crippen molar-refractivity contribution >= 4 is 5.69 Å². The fourth-order valence-corrected chi connectivity index (χ4v) is 2.66. The Morgan fingerprint density at radius 1 is 1.39 bits per heavy atom. The molecule has 4 heteroatoms. The largest absolute Gasteiger partial charge is 0.377 e. The molecule has 18 heavy (non-hydrogen) atoms. The number of aromatic nitrogens is 3. The van der Waals surface area contributed by atoms with Crippen LogP contribution in [0.25, 0.3) is 0 Å². The molecule has 0 spiro atoms. The summed E-state index contributed by atoms with van der Waals surface area (Å²) in [5.41, 5.74) is 5.06. The quantitative estimate of drug-likeness (QED) is 0.880. The van der Waals surface area contributed by atoms with Gasteiger partial charge in [-0.2, -0.15) is 5.10 Å². The van der Waals surface area contributed by atoms with E-state index >= 15 is 0 Å². The highest BCUT2D eigenvalue weighted by atomic mass is 15.3. The molecule has 94 valence electrons. The lowest BCUT2D eigenvalue weighted by molar-refractivity contribution is 0.571. The van der Waals surface area contributed by atoms with Crippen molar-refractivity contribution in [2.45, 2.75) is 32.2 Å². The van der Waals surface area contributed by atoms with Gasteiger partial charge in [0.15, 0.2) is 0 Å². The van der Waals surface area contributed by atoms with Crippen molar-refractivity contribution in [2.75, 3.05) is 5.32 Å². The van der Waals surface area contributed by atoms with E-state index in [2.05, 4.69) is 22.3 Å². The molecule has 0 fully saturated rings. The Morgan fingerprint density at radius 3 is 3.11 bits per heavy atom. The molecule has 0 aromatic carbocycles. The van der Waals surface area contributed by atoms with Crippen LogP contribution in [0.4, 0.5) is 5.69 Å². The molecule has 0 radical (unpaired) electrons. The van der Waals surface area contributed by atoms with Crippen LogP contribution in [-0.2, 0) is 13.5 Å². The predicted molar refractivity (Wildman–Crippen MR) is 71.5 cm³/mol. The van der Waals surface area contributed by atoms with E-state index in [0.717, 1.165) is 18.5 Å². The van der Waals surface area contributed by atoms with Gasteiger partial charge in [0.25, 0.3) is 0 Å². The average molecular weight is 242 g/mol. The number of pyridine rings is 1. The highest BCUT2D eigenvalue weighted by Gasteiger charge is 2.23. The molecule has 2 aromatic rings. The summed E-state index contributed by atoms with van der Waals surface area (Å²) >= 11 is 0. The van der Waals surface area contributed by atoms with E-state index in [1.807, 2.05) is 36.4 Å². The van der Waals surface area contributed by atoms with E-state index in [1.165, 1.54) is 23.2 Å². The molecule has 1 atom stereocenters. The number of fused-ring (bicyclic) bond motifs is 1. The molecule has 1 unspecified atom stereocenters. The van der Waals surface area contributed by atoms with Crippen molar-refractivity contribution in [2.24, 2.45) is 7.05 Å². The maximum Gasteiger partial charge on any atom is 0.0561 e. The van der Waals surface area contributed by atoms with E-state index < -0.39 is 0 Å². The van der Waals surface area contributed by atoms with Gasteiger partial charge >= 0.3 is 0 Å². The molecule has 2 aromatic heterocycles. The number of anilines is 1. The lowest BCUT2D eigenvalue weighted by Gasteiger charge is -2.25. The molecule has 0 amide bonds. The molecule has 3 rings (SSSR count). The Hall–Kier alpha value is -1.84. The summed E-state index contributed by atoms with van der Waals surface area (Å²) in [6, 6.07) is 2.40. The highest BCUT2D eigenvalue weighted by molar-refractivity contribution is 5.50. The number of rotatable bonds is 2. The van der Waals surface area contributed by atoms with Gasteiger partial charge < -0.3 is 5.32 Å². The SMILES string of the molecule is Cc1ccncc1NC1CCCc2c1cnn2C. The maximum atomic E-state index is 4.37. The van der Waals surface area contributed by atoms with Gasteiger partial charge in [0.1, 0.15) is 0 Å². The van der Waals surface area contributed by atoms with Crippen LogP contribution in [0.15, 0.2) is 24.7 Å². The smallest absolute Gasteiger partial charge is 0.0561 e. The minimum atomic E-state index is 0.366. The van der Waals surface area contributed by atoms with Crippen molar-refractivity contribution in [1.82, 2.24) is 14.8 Å². The van der Waals surface area contributed by atoms with Gasteiger partial charge in [0.2, 0.25) is 0 Å². The first-order valence-corrected chi connectivity index (χ1v) is 6.43. The first kappa shape index (κ1) is 11.3. The van der Waals surface area contributed by atoms with Gasteiger partial charge in [-0.05, 0) is 37.8 Å². The topological polar surface area (TPSA) is 42.7 Å². The summed E-state index contributed by atoms with van der Waals surface area (Å²) in [6.45, 7) is 2.11. The summed E-state index contributed by atoms with van der Waals surface area (Å²) < 4.78 is 2.00. The third-order valence-corrected chi connectivity index (χ3v) is 3.74. The van der Waals surface area contributed by atoms with Crippen LogP contribution < -0.4 is 5.32 Å². The number of aryl methyl sites for hydroxylation is 2. The fourth-order valence-electron chi connectivity index (χ4n) is 2.66. The van der Waals surface area contributed by atoms with Gasteiger partial charge in [0.05, 0.1) is 24.1 Å². The van der Waals surface area contributed by atoms with E-state index in [1.54, 1.807) is 0 Å². The zero-order chi connectivity index (χ0) is 12.5. The zero-order valence-electron chi connectivity index (χ0n) is 10.8. The highest BCUT2D eigenvalue weighted by Crippen LogP contribution is 2.32. The summed E-state index contributed by atoms with van der Waals surface area (Å²) in [6.07, 6.45) is 9.24. The molecule has 0 saturated heterocycles. The van der Waals surface area contributed by atoms with Crippen LogP contribution in [0.5, 0.6) is 0 Å². The van der Waals surface area contributed by atoms with E-state index in [-0.39, 0.29) is 0 Å². The normalized spacial score (nSPS) is 18.4. The Bertz CT molecular complexity index is 559. The van der Waals surface area contributed by atoms with Gasteiger partial charge in [-0.25, -0.2) is 0 Å². The van der Waals surface area contributed by atoms with Crippen LogP contribution in [0.3, 0.4) is 0 Å². The second-order valence-corrected chi connectivity index (χ2v) is 4.95. The predicted octanol–water partition coefficient (Wildman–Crippen LogP) is 2.61.